The van der Waals surface area contributed by atoms with Gasteiger partial charge in [0.25, 0.3) is 0 Å². The van der Waals surface area contributed by atoms with Crippen LogP contribution in [0.3, 0.4) is 0 Å². The van der Waals surface area contributed by atoms with Crippen molar-refractivity contribution < 1.29 is 18.7 Å². The van der Waals surface area contributed by atoms with Crippen LogP contribution in [0.25, 0.3) is 0 Å². The van der Waals surface area contributed by atoms with Crippen molar-refractivity contribution in [1.29, 1.82) is 0 Å². The number of halogens is 3. The Morgan fingerprint density at radius 2 is 2.13 bits per heavy atom. The van der Waals surface area contributed by atoms with Gasteiger partial charge >= 0.3 is 5.97 Å². The maximum atomic E-state index is 13.3. The number of hydrogen-bond donors (Lipinski definition) is 1. The fraction of sp³-hybridized carbons (Fsp3) is 0.300. The van der Waals surface area contributed by atoms with Crippen molar-refractivity contribution in [2.45, 2.75) is 19.3 Å². The molecule has 15 heavy (non-hydrogen) atoms. The molecule has 0 radical (unpaired) electrons. The van der Waals surface area contributed by atoms with E-state index in [1.807, 2.05) is 0 Å². The molecule has 0 spiro atoms. The van der Waals surface area contributed by atoms with Crippen LogP contribution in [-0.4, -0.2) is 11.1 Å². The predicted octanol–water partition coefficient (Wildman–Crippen LogP) is 3.20. The Kier molecular flexibility index (Phi) is 3.63. The van der Waals surface area contributed by atoms with Crippen molar-refractivity contribution in [1.82, 2.24) is 0 Å². The molecule has 0 aromatic heterocycles. The minimum absolute atomic E-state index is 0.0117. The van der Waals surface area contributed by atoms with E-state index in [4.69, 9.17) is 16.7 Å². The van der Waals surface area contributed by atoms with Gasteiger partial charge in [0.05, 0.1) is 6.42 Å². The normalized spacial score (nSPS) is 12.5. The Bertz CT molecular complexity index is 393. The van der Waals surface area contributed by atoms with Crippen LogP contribution in [-0.2, 0) is 4.79 Å². The molecule has 5 heteroatoms. The van der Waals surface area contributed by atoms with E-state index in [1.165, 1.54) is 13.0 Å². The molecule has 1 aromatic carbocycles. The summed E-state index contributed by atoms with van der Waals surface area (Å²) < 4.78 is 26.2. The van der Waals surface area contributed by atoms with E-state index in [0.717, 1.165) is 6.07 Å². The summed E-state index contributed by atoms with van der Waals surface area (Å²) in [5, 5.41) is 8.58. The van der Waals surface area contributed by atoms with E-state index >= 15 is 0 Å². The third kappa shape index (κ3) is 2.89. The third-order valence-electron chi connectivity index (χ3n) is 2.03. The van der Waals surface area contributed by atoms with Crippen LogP contribution < -0.4 is 0 Å². The van der Waals surface area contributed by atoms with Gasteiger partial charge in [-0.05, 0) is 23.6 Å². The van der Waals surface area contributed by atoms with Gasteiger partial charge in [0.2, 0.25) is 0 Å². The minimum atomic E-state index is -1.07. The first-order chi connectivity index (χ1) is 6.91. The highest BCUT2D eigenvalue weighted by Gasteiger charge is 2.18. The summed E-state index contributed by atoms with van der Waals surface area (Å²) >= 11 is 5.55. The first-order valence-electron chi connectivity index (χ1n) is 4.28. The molecule has 1 rings (SSSR count). The molecule has 1 atom stereocenters. The Hall–Kier alpha value is -1.16. The molecule has 2 nitrogen and oxygen atoms in total. The lowest BCUT2D eigenvalue weighted by atomic mass is 9.97. The third-order valence-corrected chi connectivity index (χ3v) is 2.25. The maximum absolute atomic E-state index is 13.3. The van der Waals surface area contributed by atoms with Gasteiger partial charge in [-0.2, -0.15) is 0 Å². The molecular formula is C10H9ClF2O2. The van der Waals surface area contributed by atoms with Crippen LogP contribution in [0, 0.1) is 11.6 Å². The minimum Gasteiger partial charge on any atom is -0.481 e. The van der Waals surface area contributed by atoms with Gasteiger partial charge in [0.1, 0.15) is 0 Å². The molecular weight excluding hydrogens is 226 g/mol. The Labute approximate surface area is 90.5 Å². The largest absolute Gasteiger partial charge is 0.481 e. The van der Waals surface area contributed by atoms with E-state index in [1.54, 1.807) is 0 Å². The van der Waals surface area contributed by atoms with Gasteiger partial charge in [-0.25, -0.2) is 8.78 Å². The van der Waals surface area contributed by atoms with Gasteiger partial charge in [-0.1, -0.05) is 18.5 Å². The van der Waals surface area contributed by atoms with Crippen molar-refractivity contribution in [3.63, 3.8) is 0 Å². The van der Waals surface area contributed by atoms with Gasteiger partial charge in [0, 0.05) is 5.02 Å². The average Bonchev–Trinajstić information content (AvgIpc) is 2.09. The summed E-state index contributed by atoms with van der Waals surface area (Å²) in [6.45, 7) is 1.50. The van der Waals surface area contributed by atoms with Crippen LogP contribution in [0.15, 0.2) is 12.1 Å². The molecule has 0 saturated carbocycles. The second kappa shape index (κ2) is 4.57. The number of hydrogen-bond acceptors (Lipinski definition) is 1. The first-order valence-corrected chi connectivity index (χ1v) is 4.66. The first kappa shape index (κ1) is 11.9. The predicted molar refractivity (Wildman–Crippen MR) is 52.0 cm³/mol. The molecule has 0 bridgehead atoms. The number of carbonyl (C=O) groups is 1. The van der Waals surface area contributed by atoms with Crippen LogP contribution in [0.2, 0.25) is 5.02 Å². The molecule has 0 aliphatic heterocycles. The van der Waals surface area contributed by atoms with Gasteiger partial charge < -0.3 is 5.11 Å². The van der Waals surface area contributed by atoms with Crippen LogP contribution in [0.5, 0.6) is 0 Å². The summed E-state index contributed by atoms with van der Waals surface area (Å²) in [6, 6.07) is 2.10. The topological polar surface area (TPSA) is 37.3 Å². The molecule has 82 valence electrons. The molecule has 0 amide bonds. The van der Waals surface area contributed by atoms with Gasteiger partial charge in [0.15, 0.2) is 11.6 Å². The van der Waals surface area contributed by atoms with E-state index in [9.17, 15) is 13.6 Å². The molecule has 0 fully saturated rings. The van der Waals surface area contributed by atoms with Crippen LogP contribution >= 0.6 is 11.6 Å². The number of carboxylic acids is 1. The molecule has 0 heterocycles. The molecule has 1 unspecified atom stereocenters. The van der Waals surface area contributed by atoms with Crippen LogP contribution in [0.1, 0.15) is 24.8 Å². The van der Waals surface area contributed by atoms with Crippen molar-refractivity contribution in [2.75, 3.05) is 0 Å². The smallest absolute Gasteiger partial charge is 0.303 e. The molecule has 0 aliphatic rings. The van der Waals surface area contributed by atoms with Gasteiger partial charge in [-0.3, -0.25) is 4.79 Å². The summed E-state index contributed by atoms with van der Waals surface area (Å²) in [4.78, 5) is 10.4. The van der Waals surface area contributed by atoms with Crippen molar-refractivity contribution >= 4 is 17.6 Å². The number of carboxylic acid groups (broad SMARTS) is 1. The highest BCUT2D eigenvalue weighted by atomic mass is 35.5. The lowest BCUT2D eigenvalue weighted by Gasteiger charge is -2.11. The van der Waals surface area contributed by atoms with Crippen molar-refractivity contribution in [3.8, 4) is 0 Å². The monoisotopic (exact) mass is 234 g/mol. The average molecular weight is 235 g/mol. The summed E-state index contributed by atoms with van der Waals surface area (Å²) in [5.41, 5.74) is -0.0117. The second-order valence-electron chi connectivity index (χ2n) is 3.29. The Morgan fingerprint density at radius 3 is 2.67 bits per heavy atom. The van der Waals surface area contributed by atoms with Gasteiger partial charge in [-0.15, -0.1) is 0 Å². The van der Waals surface area contributed by atoms with E-state index in [-0.39, 0.29) is 17.0 Å². The lowest BCUT2D eigenvalue weighted by molar-refractivity contribution is -0.137. The quantitative estimate of drug-likeness (QED) is 0.816. The van der Waals surface area contributed by atoms with Crippen molar-refractivity contribution in [3.05, 3.63) is 34.4 Å². The number of rotatable bonds is 3. The SMILES string of the molecule is CC(CC(=O)O)c1cc(Cl)cc(F)c1F. The van der Waals surface area contributed by atoms with E-state index < -0.39 is 23.5 Å². The Balaban J connectivity index is 3.07. The summed E-state index contributed by atoms with van der Waals surface area (Å²) in [7, 11) is 0. The maximum Gasteiger partial charge on any atom is 0.303 e. The number of aliphatic carboxylic acids is 1. The standard InChI is InChI=1S/C10H9ClF2O2/c1-5(2-9(14)15)7-3-6(11)4-8(12)10(7)13/h3-5H,2H2,1H3,(H,14,15). The summed E-state index contributed by atoms with van der Waals surface area (Å²) in [6.07, 6.45) is -0.267. The second-order valence-corrected chi connectivity index (χ2v) is 3.73. The highest BCUT2D eigenvalue weighted by molar-refractivity contribution is 6.30. The fourth-order valence-corrected chi connectivity index (χ4v) is 1.52. The summed E-state index contributed by atoms with van der Waals surface area (Å²) in [5.74, 6) is -3.78. The van der Waals surface area contributed by atoms with Crippen LogP contribution in [0.4, 0.5) is 8.78 Å². The zero-order chi connectivity index (χ0) is 11.6. The Morgan fingerprint density at radius 1 is 1.53 bits per heavy atom. The molecule has 0 aliphatic carbocycles. The lowest BCUT2D eigenvalue weighted by Crippen LogP contribution is -2.06. The fourth-order valence-electron chi connectivity index (χ4n) is 1.31. The number of benzene rings is 1. The zero-order valence-electron chi connectivity index (χ0n) is 7.93. The van der Waals surface area contributed by atoms with Crippen molar-refractivity contribution in [2.24, 2.45) is 0 Å². The molecule has 1 aromatic rings. The molecule has 0 saturated heterocycles. The molecule has 1 N–H and O–H groups in total. The zero-order valence-corrected chi connectivity index (χ0v) is 8.68. The van der Waals surface area contributed by atoms with E-state index in [0.29, 0.717) is 0 Å². The van der Waals surface area contributed by atoms with E-state index in [2.05, 4.69) is 0 Å². The highest BCUT2D eigenvalue weighted by Crippen LogP contribution is 2.27.